The van der Waals surface area contributed by atoms with Gasteiger partial charge in [-0.1, -0.05) is 12.1 Å². The number of para-hydroxylation sites is 1. The van der Waals surface area contributed by atoms with E-state index in [2.05, 4.69) is 48.0 Å². The van der Waals surface area contributed by atoms with Crippen LogP contribution in [0.4, 0.5) is 5.82 Å². The SMILES string of the molecule is Cc1sc2ncnc(N3CCCC3c3nc4ccccc4s3)c2c1C. The number of thiazole rings is 1. The number of hydrogen-bond donors (Lipinski definition) is 0. The van der Waals surface area contributed by atoms with Crippen LogP contribution in [0.1, 0.15) is 34.3 Å². The van der Waals surface area contributed by atoms with Crippen LogP contribution < -0.4 is 4.90 Å². The number of benzene rings is 1. The van der Waals surface area contributed by atoms with E-state index in [0.29, 0.717) is 6.04 Å². The molecule has 4 heterocycles. The molecule has 0 N–H and O–H groups in total. The average Bonchev–Trinajstić information content (AvgIpc) is 3.32. The van der Waals surface area contributed by atoms with Crippen molar-refractivity contribution in [2.45, 2.75) is 32.7 Å². The van der Waals surface area contributed by atoms with Gasteiger partial charge in [0.05, 0.1) is 21.6 Å². The van der Waals surface area contributed by atoms with E-state index >= 15 is 0 Å². The fourth-order valence-corrected chi connectivity index (χ4v) is 5.80. The molecule has 0 bridgehead atoms. The average molecular weight is 367 g/mol. The maximum Gasteiger partial charge on any atom is 0.141 e. The van der Waals surface area contributed by atoms with Gasteiger partial charge in [-0.25, -0.2) is 15.0 Å². The van der Waals surface area contributed by atoms with E-state index < -0.39 is 0 Å². The van der Waals surface area contributed by atoms with Crippen LogP contribution in [0.15, 0.2) is 30.6 Å². The summed E-state index contributed by atoms with van der Waals surface area (Å²) in [7, 11) is 0. The Bertz CT molecular complexity index is 1050. The van der Waals surface area contributed by atoms with Crippen molar-refractivity contribution >= 4 is 48.9 Å². The van der Waals surface area contributed by atoms with Gasteiger partial charge in [-0.15, -0.1) is 22.7 Å². The molecule has 3 aromatic heterocycles. The van der Waals surface area contributed by atoms with Gasteiger partial charge in [-0.3, -0.25) is 0 Å². The lowest BCUT2D eigenvalue weighted by atomic mass is 10.2. The van der Waals surface area contributed by atoms with E-state index in [9.17, 15) is 0 Å². The smallest absolute Gasteiger partial charge is 0.141 e. The molecule has 6 heteroatoms. The van der Waals surface area contributed by atoms with Crippen molar-refractivity contribution in [3.63, 3.8) is 0 Å². The topological polar surface area (TPSA) is 41.9 Å². The Morgan fingerprint density at radius 1 is 1.12 bits per heavy atom. The summed E-state index contributed by atoms with van der Waals surface area (Å²) < 4.78 is 1.26. The van der Waals surface area contributed by atoms with Crippen LogP contribution in [0, 0.1) is 13.8 Å². The largest absolute Gasteiger partial charge is 0.346 e. The zero-order chi connectivity index (χ0) is 17.0. The zero-order valence-corrected chi connectivity index (χ0v) is 15.8. The van der Waals surface area contributed by atoms with Crippen LogP contribution in [-0.4, -0.2) is 21.5 Å². The molecule has 25 heavy (non-hydrogen) atoms. The molecule has 1 aliphatic heterocycles. The molecule has 1 aromatic carbocycles. The van der Waals surface area contributed by atoms with E-state index in [1.165, 1.54) is 32.0 Å². The third-order valence-corrected chi connectivity index (χ3v) is 7.32. The highest BCUT2D eigenvalue weighted by Gasteiger charge is 2.31. The first-order chi connectivity index (χ1) is 12.2. The van der Waals surface area contributed by atoms with Crippen LogP contribution in [-0.2, 0) is 0 Å². The van der Waals surface area contributed by atoms with E-state index in [4.69, 9.17) is 9.97 Å². The van der Waals surface area contributed by atoms with Gasteiger partial charge in [0, 0.05) is 11.4 Å². The minimum Gasteiger partial charge on any atom is -0.346 e. The summed E-state index contributed by atoms with van der Waals surface area (Å²) in [6.07, 6.45) is 4.02. The van der Waals surface area contributed by atoms with Gasteiger partial charge in [-0.2, -0.15) is 0 Å². The van der Waals surface area contributed by atoms with Gasteiger partial charge in [0.1, 0.15) is 22.0 Å². The molecule has 0 aliphatic carbocycles. The summed E-state index contributed by atoms with van der Waals surface area (Å²) in [5, 5.41) is 2.42. The summed E-state index contributed by atoms with van der Waals surface area (Å²) in [6, 6.07) is 8.72. The van der Waals surface area contributed by atoms with E-state index in [1.54, 1.807) is 17.7 Å². The number of anilines is 1. The number of nitrogens with zero attached hydrogens (tertiary/aromatic N) is 4. The molecule has 4 nitrogen and oxygen atoms in total. The van der Waals surface area contributed by atoms with Gasteiger partial charge < -0.3 is 4.90 Å². The van der Waals surface area contributed by atoms with E-state index in [1.807, 2.05) is 11.3 Å². The van der Waals surface area contributed by atoms with E-state index in [0.717, 1.165) is 29.1 Å². The van der Waals surface area contributed by atoms with Gasteiger partial charge in [0.25, 0.3) is 0 Å². The monoisotopic (exact) mass is 366 g/mol. The number of thiophene rings is 1. The Morgan fingerprint density at radius 2 is 2.00 bits per heavy atom. The van der Waals surface area contributed by atoms with Crippen molar-refractivity contribution in [2.24, 2.45) is 0 Å². The zero-order valence-electron chi connectivity index (χ0n) is 14.2. The molecule has 1 fully saturated rings. The van der Waals surface area contributed by atoms with Gasteiger partial charge in [-0.05, 0) is 44.4 Å². The molecule has 0 spiro atoms. The third kappa shape index (κ3) is 2.35. The van der Waals surface area contributed by atoms with Gasteiger partial charge in [0.15, 0.2) is 0 Å². The number of hydrogen-bond acceptors (Lipinski definition) is 6. The normalized spacial score (nSPS) is 17.8. The fourth-order valence-electron chi connectivity index (χ4n) is 3.69. The van der Waals surface area contributed by atoms with Crippen LogP contribution in [0.2, 0.25) is 0 Å². The Balaban J connectivity index is 1.64. The summed E-state index contributed by atoms with van der Waals surface area (Å²) in [5.41, 5.74) is 2.41. The molecular weight excluding hydrogens is 348 g/mol. The first-order valence-electron chi connectivity index (χ1n) is 8.55. The highest BCUT2D eigenvalue weighted by Crippen LogP contribution is 2.42. The third-order valence-electron chi connectivity index (χ3n) is 5.07. The maximum atomic E-state index is 4.91. The Labute approximate surface area is 154 Å². The molecular formula is C19H18N4S2. The number of aryl methyl sites for hydroxylation is 2. The van der Waals surface area contributed by atoms with E-state index in [-0.39, 0.29) is 0 Å². The number of aromatic nitrogens is 3. The molecule has 0 saturated carbocycles. The molecule has 1 atom stereocenters. The van der Waals surface area contributed by atoms with Crippen LogP contribution in [0.5, 0.6) is 0 Å². The van der Waals surface area contributed by atoms with Crippen molar-refractivity contribution in [2.75, 3.05) is 11.4 Å². The minimum absolute atomic E-state index is 0.315. The lowest BCUT2D eigenvalue weighted by molar-refractivity contribution is 0.709. The summed E-state index contributed by atoms with van der Waals surface area (Å²) in [5.74, 6) is 1.08. The maximum absolute atomic E-state index is 4.91. The predicted molar refractivity (Wildman–Crippen MR) is 106 cm³/mol. The first-order valence-corrected chi connectivity index (χ1v) is 10.2. The Morgan fingerprint density at radius 3 is 2.88 bits per heavy atom. The van der Waals surface area contributed by atoms with Crippen molar-refractivity contribution < 1.29 is 0 Å². The first kappa shape index (κ1) is 15.2. The molecule has 126 valence electrons. The van der Waals surface area contributed by atoms with Crippen molar-refractivity contribution in [1.29, 1.82) is 0 Å². The fraction of sp³-hybridized carbons (Fsp3) is 0.316. The van der Waals surface area contributed by atoms with Crippen LogP contribution in [0.3, 0.4) is 0 Å². The lowest BCUT2D eigenvalue weighted by Gasteiger charge is -2.24. The molecule has 5 rings (SSSR count). The second kappa shape index (κ2) is 5.75. The van der Waals surface area contributed by atoms with Gasteiger partial charge >= 0.3 is 0 Å². The second-order valence-electron chi connectivity index (χ2n) is 6.53. The van der Waals surface area contributed by atoms with Crippen molar-refractivity contribution in [1.82, 2.24) is 15.0 Å². The summed E-state index contributed by atoms with van der Waals surface area (Å²) in [6.45, 7) is 5.38. The summed E-state index contributed by atoms with van der Waals surface area (Å²) >= 11 is 3.58. The second-order valence-corrected chi connectivity index (χ2v) is 8.80. The van der Waals surface area contributed by atoms with Gasteiger partial charge in [0.2, 0.25) is 0 Å². The van der Waals surface area contributed by atoms with Crippen LogP contribution in [0.25, 0.3) is 20.4 Å². The molecule has 1 unspecified atom stereocenters. The minimum atomic E-state index is 0.315. The molecule has 0 radical (unpaired) electrons. The highest BCUT2D eigenvalue weighted by molar-refractivity contribution is 7.19. The number of rotatable bonds is 2. The highest BCUT2D eigenvalue weighted by atomic mass is 32.1. The standard InChI is InChI=1S/C19H18N4S2/c1-11-12(2)24-19-16(11)17(20-10-21-19)23-9-5-7-14(23)18-22-13-6-3-4-8-15(13)25-18/h3-4,6,8,10,14H,5,7,9H2,1-2H3. The molecule has 1 aliphatic rings. The molecule has 4 aromatic rings. The molecule has 0 amide bonds. The van der Waals surface area contributed by atoms with Crippen LogP contribution >= 0.6 is 22.7 Å². The predicted octanol–water partition coefficient (Wildman–Crippen LogP) is 5.26. The number of fused-ring (bicyclic) bond motifs is 2. The lowest BCUT2D eigenvalue weighted by Crippen LogP contribution is -2.23. The summed E-state index contributed by atoms with van der Waals surface area (Å²) in [4.78, 5) is 19.0. The van der Waals surface area contributed by atoms with Crippen molar-refractivity contribution in [3.8, 4) is 0 Å². The molecule has 1 saturated heterocycles. The Kier molecular flexibility index (Phi) is 3.50. The quantitative estimate of drug-likeness (QED) is 0.485. The van der Waals surface area contributed by atoms with Crippen molar-refractivity contribution in [3.05, 3.63) is 46.0 Å². The Hall–Kier alpha value is -2.05.